The molecule has 5 heteroatoms. The van der Waals surface area contributed by atoms with E-state index in [0.717, 1.165) is 17.6 Å². The molecule has 2 aromatic carbocycles. The van der Waals surface area contributed by atoms with E-state index in [0.29, 0.717) is 5.92 Å². The Morgan fingerprint density at radius 1 is 0.920 bits per heavy atom. The van der Waals surface area contributed by atoms with Crippen LogP contribution in [0.5, 0.6) is 0 Å². The Labute approximate surface area is 155 Å². The second-order valence-corrected chi connectivity index (χ2v) is 8.99. The number of nitrogens with zero attached hydrogens (tertiary/aromatic N) is 2. The molecule has 3 nitrogen and oxygen atoms in total. The quantitative estimate of drug-likeness (QED) is 0.597. The van der Waals surface area contributed by atoms with Crippen LogP contribution in [-0.4, -0.2) is 23.1 Å². The van der Waals surface area contributed by atoms with Crippen molar-refractivity contribution < 1.29 is 4.90 Å². The van der Waals surface area contributed by atoms with Crippen molar-refractivity contribution >= 4 is 43.1 Å². The highest BCUT2D eigenvalue weighted by Gasteiger charge is 2.27. The number of nitrogens with one attached hydrogen (secondary N) is 1. The molecule has 2 atom stereocenters. The molecule has 0 amide bonds. The summed E-state index contributed by atoms with van der Waals surface area (Å²) in [6.07, 6.45) is 2.55. The summed E-state index contributed by atoms with van der Waals surface area (Å²) in [5, 5.41) is 2.59. The van der Waals surface area contributed by atoms with Crippen molar-refractivity contribution in [3.8, 4) is 0 Å². The standard InChI is InChI=1S/C20H19N3S2/c1-3-9-17-15(7-1)21-19(24-17)13-23-11-5-6-14(12-23)20-22-16-8-2-4-10-18(16)25-20/h1-4,7-10,14H,5-6,11-13H2/p+1/t14-/m1/s1. The fourth-order valence-corrected chi connectivity index (χ4v) is 5.94. The number of likely N-dealkylation sites (tertiary alicyclic amines) is 1. The molecule has 1 saturated heterocycles. The third-order valence-corrected chi connectivity index (χ3v) is 7.25. The van der Waals surface area contributed by atoms with Gasteiger partial charge in [0.05, 0.1) is 39.4 Å². The molecule has 1 unspecified atom stereocenters. The minimum absolute atomic E-state index is 0.593. The van der Waals surface area contributed by atoms with Crippen LogP contribution in [0.15, 0.2) is 48.5 Å². The van der Waals surface area contributed by atoms with Gasteiger partial charge >= 0.3 is 0 Å². The SMILES string of the molecule is c1ccc2sc(C[NH+]3CCC[C@@H](c4nc5ccccc5s4)C3)nc2c1. The Hall–Kier alpha value is -1.82. The molecule has 1 aliphatic heterocycles. The molecule has 0 spiro atoms. The van der Waals surface area contributed by atoms with E-state index < -0.39 is 0 Å². The Bertz CT molecular complexity index is 954. The lowest BCUT2D eigenvalue weighted by molar-refractivity contribution is -0.920. The number of piperidine rings is 1. The van der Waals surface area contributed by atoms with Gasteiger partial charge in [-0.25, -0.2) is 9.97 Å². The molecule has 25 heavy (non-hydrogen) atoms. The van der Waals surface area contributed by atoms with Crippen LogP contribution in [0.4, 0.5) is 0 Å². The lowest BCUT2D eigenvalue weighted by Gasteiger charge is -2.28. The van der Waals surface area contributed by atoms with E-state index in [4.69, 9.17) is 9.97 Å². The topological polar surface area (TPSA) is 30.2 Å². The van der Waals surface area contributed by atoms with E-state index >= 15 is 0 Å². The van der Waals surface area contributed by atoms with E-state index in [1.165, 1.54) is 45.3 Å². The molecule has 3 heterocycles. The fraction of sp³-hybridized carbons (Fsp3) is 0.300. The zero-order chi connectivity index (χ0) is 16.6. The van der Waals surface area contributed by atoms with Crippen molar-refractivity contribution in [3.05, 3.63) is 58.5 Å². The summed E-state index contributed by atoms with van der Waals surface area (Å²) in [7, 11) is 0. The molecule has 1 aliphatic rings. The zero-order valence-electron chi connectivity index (χ0n) is 13.9. The highest BCUT2D eigenvalue weighted by atomic mass is 32.1. The average Bonchev–Trinajstić information content (AvgIpc) is 3.25. The second kappa shape index (κ2) is 6.48. The lowest BCUT2D eigenvalue weighted by atomic mass is 9.99. The van der Waals surface area contributed by atoms with Gasteiger partial charge in [0.2, 0.25) is 0 Å². The first-order valence-electron chi connectivity index (χ1n) is 8.89. The highest BCUT2D eigenvalue weighted by molar-refractivity contribution is 7.18. The Balaban J connectivity index is 1.35. The Morgan fingerprint density at radius 2 is 1.64 bits per heavy atom. The number of thiazole rings is 2. The third kappa shape index (κ3) is 3.08. The summed E-state index contributed by atoms with van der Waals surface area (Å²) in [6.45, 7) is 3.47. The van der Waals surface area contributed by atoms with E-state index in [9.17, 15) is 0 Å². The number of aromatic nitrogens is 2. The summed E-state index contributed by atoms with van der Waals surface area (Å²) >= 11 is 3.73. The van der Waals surface area contributed by atoms with Crippen LogP contribution in [0.25, 0.3) is 20.4 Å². The largest absolute Gasteiger partial charge is 0.329 e. The highest BCUT2D eigenvalue weighted by Crippen LogP contribution is 2.30. The summed E-state index contributed by atoms with van der Waals surface area (Å²) in [5.74, 6) is 0.593. The molecule has 5 rings (SSSR count). The van der Waals surface area contributed by atoms with Gasteiger partial charge in [0, 0.05) is 0 Å². The van der Waals surface area contributed by atoms with E-state index in [1.54, 1.807) is 4.90 Å². The number of hydrogen-bond acceptors (Lipinski definition) is 4. The van der Waals surface area contributed by atoms with Crippen molar-refractivity contribution in [1.29, 1.82) is 0 Å². The molecule has 1 fully saturated rings. The van der Waals surface area contributed by atoms with Crippen molar-refractivity contribution in [2.75, 3.05) is 13.1 Å². The minimum atomic E-state index is 0.593. The molecule has 1 N–H and O–H groups in total. The van der Waals surface area contributed by atoms with Gasteiger partial charge in [-0.1, -0.05) is 24.3 Å². The smallest absolute Gasteiger partial charge is 0.148 e. The van der Waals surface area contributed by atoms with Crippen molar-refractivity contribution in [2.45, 2.75) is 25.3 Å². The number of para-hydroxylation sites is 2. The first-order chi connectivity index (χ1) is 12.3. The van der Waals surface area contributed by atoms with Gasteiger partial charge in [-0.3, -0.25) is 0 Å². The summed E-state index contributed by atoms with van der Waals surface area (Å²) in [4.78, 5) is 11.4. The molecule has 0 radical (unpaired) electrons. The number of hydrogen-bond donors (Lipinski definition) is 1. The van der Waals surface area contributed by atoms with Gasteiger partial charge in [-0.15, -0.1) is 22.7 Å². The van der Waals surface area contributed by atoms with Crippen LogP contribution in [0.2, 0.25) is 0 Å². The number of fused-ring (bicyclic) bond motifs is 2. The van der Waals surface area contributed by atoms with Gasteiger partial charge in [-0.2, -0.15) is 0 Å². The first-order valence-corrected chi connectivity index (χ1v) is 10.5. The van der Waals surface area contributed by atoms with Crippen molar-refractivity contribution in [1.82, 2.24) is 9.97 Å². The van der Waals surface area contributed by atoms with E-state index in [1.807, 2.05) is 22.7 Å². The first kappa shape index (κ1) is 15.4. The molecule has 2 aromatic heterocycles. The third-order valence-electron chi connectivity index (χ3n) is 5.02. The molecular formula is C20H20N3S2+. The molecule has 4 aromatic rings. The number of rotatable bonds is 3. The normalized spacial score (nSPS) is 21.1. The minimum Gasteiger partial charge on any atom is -0.329 e. The van der Waals surface area contributed by atoms with Crippen molar-refractivity contribution in [2.24, 2.45) is 0 Å². The molecule has 0 saturated carbocycles. The van der Waals surface area contributed by atoms with Crippen LogP contribution in [0.1, 0.15) is 28.8 Å². The summed E-state index contributed by atoms with van der Waals surface area (Å²) < 4.78 is 2.62. The van der Waals surface area contributed by atoms with Crippen LogP contribution in [-0.2, 0) is 6.54 Å². The average molecular weight is 367 g/mol. The van der Waals surface area contributed by atoms with Crippen LogP contribution < -0.4 is 4.90 Å². The number of benzene rings is 2. The fourth-order valence-electron chi connectivity index (χ4n) is 3.80. The molecular weight excluding hydrogens is 346 g/mol. The predicted octanol–water partition coefficient (Wildman–Crippen LogP) is 3.87. The number of quaternary nitrogens is 1. The van der Waals surface area contributed by atoms with Crippen molar-refractivity contribution in [3.63, 3.8) is 0 Å². The predicted molar refractivity (Wildman–Crippen MR) is 106 cm³/mol. The van der Waals surface area contributed by atoms with Gasteiger partial charge < -0.3 is 4.90 Å². The van der Waals surface area contributed by atoms with E-state index in [-0.39, 0.29) is 0 Å². The van der Waals surface area contributed by atoms with Gasteiger partial charge in [0.1, 0.15) is 16.6 Å². The molecule has 126 valence electrons. The van der Waals surface area contributed by atoms with Crippen LogP contribution in [0.3, 0.4) is 0 Å². The Kier molecular flexibility index (Phi) is 4.00. The van der Waals surface area contributed by atoms with Gasteiger partial charge in [0.15, 0.2) is 0 Å². The maximum atomic E-state index is 4.90. The maximum absolute atomic E-state index is 4.90. The maximum Gasteiger partial charge on any atom is 0.148 e. The second-order valence-electron chi connectivity index (χ2n) is 6.82. The van der Waals surface area contributed by atoms with Crippen LogP contribution >= 0.6 is 22.7 Å². The van der Waals surface area contributed by atoms with E-state index in [2.05, 4.69) is 48.5 Å². The summed E-state index contributed by atoms with van der Waals surface area (Å²) in [6, 6.07) is 17.0. The zero-order valence-corrected chi connectivity index (χ0v) is 15.6. The monoisotopic (exact) mass is 366 g/mol. The van der Waals surface area contributed by atoms with Gasteiger partial charge in [0.25, 0.3) is 0 Å². The van der Waals surface area contributed by atoms with Gasteiger partial charge in [-0.05, 0) is 37.1 Å². The van der Waals surface area contributed by atoms with Crippen LogP contribution in [0, 0.1) is 0 Å². The molecule has 0 bridgehead atoms. The molecule has 0 aliphatic carbocycles. The summed E-state index contributed by atoms with van der Waals surface area (Å²) in [5.41, 5.74) is 2.29. The Morgan fingerprint density at radius 3 is 2.40 bits per heavy atom. The lowest BCUT2D eigenvalue weighted by Crippen LogP contribution is -3.12.